The lowest BCUT2D eigenvalue weighted by atomic mass is 10.0. The molecule has 0 spiro atoms. The number of anilines is 2. The van der Waals surface area contributed by atoms with Crippen molar-refractivity contribution in [3.05, 3.63) is 71.2 Å². The Kier molecular flexibility index (Phi) is 9.61. The van der Waals surface area contributed by atoms with Gasteiger partial charge in [-0.1, -0.05) is 18.5 Å². The minimum absolute atomic E-state index is 0.0293. The number of amides is 3. The van der Waals surface area contributed by atoms with Crippen LogP contribution in [-0.2, 0) is 21.2 Å². The average Bonchev–Trinajstić information content (AvgIpc) is 3.48. The number of carbonyl (C=O) groups excluding carboxylic acids is 2. The van der Waals surface area contributed by atoms with Crippen molar-refractivity contribution in [1.82, 2.24) is 9.80 Å². The molecular weight excluding hydrogens is 624 g/mol. The van der Waals surface area contributed by atoms with Crippen LogP contribution in [0.3, 0.4) is 0 Å². The molecule has 0 saturated heterocycles. The third-order valence-corrected chi connectivity index (χ3v) is 9.37. The molecule has 0 saturated carbocycles. The van der Waals surface area contributed by atoms with Crippen LogP contribution in [0.2, 0.25) is 5.02 Å². The van der Waals surface area contributed by atoms with Gasteiger partial charge in [0.2, 0.25) is 12.7 Å². The summed E-state index contributed by atoms with van der Waals surface area (Å²) in [7, 11) is -2.30. The minimum atomic E-state index is -3.94. The van der Waals surface area contributed by atoms with Gasteiger partial charge < -0.3 is 34.4 Å². The van der Waals surface area contributed by atoms with Crippen molar-refractivity contribution >= 4 is 44.9 Å². The van der Waals surface area contributed by atoms with Crippen LogP contribution in [0.25, 0.3) is 0 Å². The molecule has 12 nitrogen and oxygen atoms in total. The highest BCUT2D eigenvalue weighted by Crippen LogP contribution is 2.34. The van der Waals surface area contributed by atoms with E-state index in [0.717, 1.165) is 0 Å². The van der Waals surface area contributed by atoms with E-state index in [4.69, 9.17) is 25.8 Å². The van der Waals surface area contributed by atoms with Gasteiger partial charge in [-0.15, -0.1) is 0 Å². The quantitative estimate of drug-likeness (QED) is 0.327. The fourth-order valence-corrected chi connectivity index (χ4v) is 6.26. The van der Waals surface area contributed by atoms with Crippen LogP contribution >= 0.6 is 11.6 Å². The van der Waals surface area contributed by atoms with E-state index in [2.05, 4.69) is 10.0 Å². The molecule has 0 aromatic heterocycles. The molecule has 240 valence electrons. The van der Waals surface area contributed by atoms with Crippen molar-refractivity contribution in [2.45, 2.75) is 37.3 Å². The molecule has 0 aliphatic carbocycles. The Morgan fingerprint density at radius 1 is 1.07 bits per heavy atom. The number of ether oxygens (including phenoxy) is 3. The Hall–Kier alpha value is -4.20. The molecule has 3 amide bonds. The number of likely N-dealkylation sites (N-methyl/N-ethyl adjacent to an activating group) is 1. The predicted molar refractivity (Wildman–Crippen MR) is 168 cm³/mol. The molecule has 45 heavy (non-hydrogen) atoms. The molecule has 2 aliphatic heterocycles. The normalized spacial score (nSPS) is 18.5. The van der Waals surface area contributed by atoms with E-state index in [9.17, 15) is 23.1 Å². The Morgan fingerprint density at radius 3 is 2.49 bits per heavy atom. The summed E-state index contributed by atoms with van der Waals surface area (Å²) in [5, 5.41) is 13.2. The van der Waals surface area contributed by atoms with E-state index >= 15 is 0 Å². The van der Waals surface area contributed by atoms with Crippen LogP contribution in [0.5, 0.6) is 17.2 Å². The van der Waals surface area contributed by atoms with Gasteiger partial charge in [-0.3, -0.25) is 9.52 Å². The lowest BCUT2D eigenvalue weighted by Gasteiger charge is -2.34. The zero-order chi connectivity index (χ0) is 32.3. The van der Waals surface area contributed by atoms with Gasteiger partial charge in [0.05, 0.1) is 30.5 Å². The number of nitrogens with zero attached hydrogens (tertiary/aromatic N) is 2. The van der Waals surface area contributed by atoms with Crippen molar-refractivity contribution in [2.24, 2.45) is 5.92 Å². The molecule has 3 atom stereocenters. The second-order valence-corrected chi connectivity index (χ2v) is 13.3. The van der Waals surface area contributed by atoms with Crippen LogP contribution in [-0.4, -0.2) is 80.9 Å². The lowest BCUT2D eigenvalue weighted by molar-refractivity contribution is -0.134. The number of aliphatic hydroxyl groups excluding tert-OH is 1. The van der Waals surface area contributed by atoms with Crippen molar-refractivity contribution in [3.63, 3.8) is 0 Å². The minimum Gasteiger partial charge on any atom is -0.488 e. The topological polar surface area (TPSA) is 147 Å². The van der Waals surface area contributed by atoms with E-state index in [-0.39, 0.29) is 61.3 Å². The summed E-state index contributed by atoms with van der Waals surface area (Å²) < 4.78 is 45.8. The highest BCUT2D eigenvalue weighted by atomic mass is 35.5. The van der Waals surface area contributed by atoms with Gasteiger partial charge in [-0.05, 0) is 61.5 Å². The Labute approximate surface area is 266 Å². The standard InChI is InChI=1S/C31H35ClN4O8S/c1-19-15-36(20(2)17-37)30(38)13-21-12-24(34-45(40,41)25-8-4-22(32)5-9-25)7-10-26(21)44-29(19)16-35(3)31(39)33-23-6-11-27-28(14-23)43-18-42-27/h4-12,14,19-20,29,34,37H,13,15-18H2,1-3H3,(H,33,39)/t19-,20+,29+/m0/s1. The second kappa shape index (κ2) is 13.4. The summed E-state index contributed by atoms with van der Waals surface area (Å²) in [6.07, 6.45) is -0.650. The van der Waals surface area contributed by atoms with Gasteiger partial charge in [0.15, 0.2) is 11.5 Å². The first-order valence-corrected chi connectivity index (χ1v) is 16.2. The number of sulfonamides is 1. The number of fused-ring (bicyclic) bond motifs is 2. The molecule has 0 fully saturated rings. The first-order valence-electron chi connectivity index (χ1n) is 14.3. The molecule has 2 aliphatic rings. The number of hydrogen-bond acceptors (Lipinski definition) is 8. The van der Waals surface area contributed by atoms with Gasteiger partial charge in [-0.25, -0.2) is 13.2 Å². The highest BCUT2D eigenvalue weighted by molar-refractivity contribution is 7.92. The Morgan fingerprint density at radius 2 is 1.76 bits per heavy atom. The third-order valence-electron chi connectivity index (χ3n) is 7.72. The molecule has 0 unspecified atom stereocenters. The first-order chi connectivity index (χ1) is 21.4. The maximum atomic E-state index is 13.5. The molecule has 3 aromatic rings. The zero-order valence-electron chi connectivity index (χ0n) is 25.0. The smallest absolute Gasteiger partial charge is 0.321 e. The maximum Gasteiger partial charge on any atom is 0.321 e. The van der Waals surface area contributed by atoms with E-state index in [1.165, 1.54) is 29.2 Å². The number of nitrogens with one attached hydrogen (secondary N) is 2. The SMILES string of the molecule is C[C@H](CO)N1C[C@H](C)[C@@H](CN(C)C(=O)Nc2ccc3c(c2)OCO3)Oc2ccc(NS(=O)(=O)c3ccc(Cl)cc3)cc2CC1=O. The van der Waals surface area contributed by atoms with E-state index in [0.29, 0.717) is 33.5 Å². The molecule has 0 radical (unpaired) electrons. The molecule has 0 bridgehead atoms. The molecular formula is C31H35ClN4O8S. The summed E-state index contributed by atoms with van der Waals surface area (Å²) in [6, 6.07) is 14.8. The first kappa shape index (κ1) is 32.2. The predicted octanol–water partition coefficient (Wildman–Crippen LogP) is 4.18. The fraction of sp³-hybridized carbons (Fsp3) is 0.355. The van der Waals surface area contributed by atoms with E-state index in [1.807, 2.05) is 6.92 Å². The molecule has 14 heteroatoms. The lowest BCUT2D eigenvalue weighted by Crippen LogP contribution is -2.48. The van der Waals surface area contributed by atoms with Crippen LogP contribution in [0, 0.1) is 5.92 Å². The Balaban J connectivity index is 1.38. The van der Waals surface area contributed by atoms with E-state index < -0.39 is 22.2 Å². The number of carbonyl (C=O) groups is 2. The number of benzene rings is 3. The summed E-state index contributed by atoms with van der Waals surface area (Å²) >= 11 is 5.91. The van der Waals surface area contributed by atoms with Crippen LogP contribution in [0.1, 0.15) is 19.4 Å². The van der Waals surface area contributed by atoms with Gasteiger partial charge in [0.1, 0.15) is 11.9 Å². The summed E-state index contributed by atoms with van der Waals surface area (Å²) in [6.45, 7) is 3.98. The average molecular weight is 659 g/mol. The monoisotopic (exact) mass is 658 g/mol. The number of hydrogen-bond donors (Lipinski definition) is 3. The van der Waals surface area contributed by atoms with E-state index in [1.54, 1.807) is 55.3 Å². The molecule has 5 rings (SSSR count). The van der Waals surface area contributed by atoms with Gasteiger partial charge >= 0.3 is 6.03 Å². The zero-order valence-corrected chi connectivity index (χ0v) is 26.6. The van der Waals surface area contributed by atoms with Gasteiger partial charge in [-0.2, -0.15) is 0 Å². The number of halogens is 1. The summed E-state index contributed by atoms with van der Waals surface area (Å²) in [5.74, 6) is 1.03. The van der Waals surface area contributed by atoms with Gasteiger partial charge in [0, 0.05) is 47.5 Å². The Bertz CT molecular complexity index is 1670. The highest BCUT2D eigenvalue weighted by Gasteiger charge is 2.32. The van der Waals surface area contributed by atoms with Crippen molar-refractivity contribution in [3.8, 4) is 17.2 Å². The molecule has 3 aromatic carbocycles. The number of urea groups is 1. The third kappa shape index (κ3) is 7.55. The van der Waals surface area contributed by atoms with Gasteiger partial charge in [0.25, 0.3) is 10.0 Å². The largest absolute Gasteiger partial charge is 0.488 e. The van der Waals surface area contributed by atoms with Crippen LogP contribution in [0.15, 0.2) is 65.6 Å². The fourth-order valence-electron chi connectivity index (χ4n) is 5.08. The molecule has 3 N–H and O–H groups in total. The van der Waals surface area contributed by atoms with Crippen LogP contribution in [0.4, 0.5) is 16.2 Å². The summed E-state index contributed by atoms with van der Waals surface area (Å²) in [5.41, 5.74) is 1.23. The second-order valence-electron chi connectivity index (χ2n) is 11.1. The van der Waals surface area contributed by atoms with Crippen molar-refractivity contribution < 1.29 is 37.3 Å². The maximum absolute atomic E-state index is 13.5. The van der Waals surface area contributed by atoms with Crippen molar-refractivity contribution in [2.75, 3.05) is 43.6 Å². The van der Waals surface area contributed by atoms with Crippen LogP contribution < -0.4 is 24.2 Å². The van der Waals surface area contributed by atoms with Crippen molar-refractivity contribution in [1.29, 1.82) is 0 Å². The number of rotatable bonds is 8. The number of aliphatic hydroxyl groups is 1. The molecule has 2 heterocycles. The summed E-state index contributed by atoms with van der Waals surface area (Å²) in [4.78, 5) is 29.8.